The van der Waals surface area contributed by atoms with E-state index in [1.807, 2.05) is 24.3 Å². The van der Waals surface area contributed by atoms with Crippen LogP contribution in [0.5, 0.6) is 0 Å². The summed E-state index contributed by atoms with van der Waals surface area (Å²) < 4.78 is 15.0. The van der Waals surface area contributed by atoms with Gasteiger partial charge < -0.3 is 14.0 Å². The third-order valence-corrected chi connectivity index (χ3v) is 1.37. The van der Waals surface area contributed by atoms with Gasteiger partial charge in [0.2, 0.25) is 0 Å². The monoisotopic (exact) mass is 154 g/mol. The zero-order chi connectivity index (χ0) is 8.10. The van der Waals surface area contributed by atoms with Crippen molar-refractivity contribution in [3.8, 4) is 0 Å². The molecule has 0 amide bonds. The van der Waals surface area contributed by atoms with Crippen LogP contribution in [0.25, 0.3) is 0 Å². The molecule has 1 rings (SSSR count). The lowest BCUT2D eigenvalue weighted by Crippen LogP contribution is -2.27. The maximum atomic E-state index is 5.29. The SMILES string of the molecule is COB(OC)OC1C=CC=C1. The molecule has 0 saturated heterocycles. The summed E-state index contributed by atoms with van der Waals surface area (Å²) in [6.07, 6.45) is 7.68. The van der Waals surface area contributed by atoms with E-state index in [1.165, 1.54) is 14.2 Å². The van der Waals surface area contributed by atoms with Crippen LogP contribution in [-0.4, -0.2) is 27.6 Å². The van der Waals surface area contributed by atoms with Gasteiger partial charge in [0.05, 0.1) is 6.10 Å². The number of hydrogen-bond acceptors (Lipinski definition) is 3. The zero-order valence-electron chi connectivity index (χ0n) is 6.69. The van der Waals surface area contributed by atoms with Crippen molar-refractivity contribution in [2.24, 2.45) is 0 Å². The summed E-state index contributed by atoms with van der Waals surface area (Å²) in [7, 11) is 2.50. The van der Waals surface area contributed by atoms with E-state index < -0.39 is 7.32 Å². The predicted molar refractivity (Wildman–Crippen MR) is 42.9 cm³/mol. The van der Waals surface area contributed by atoms with Gasteiger partial charge in [-0.2, -0.15) is 0 Å². The molecule has 0 atom stereocenters. The highest BCUT2D eigenvalue weighted by Gasteiger charge is 2.20. The molecule has 0 heterocycles. The van der Waals surface area contributed by atoms with E-state index in [2.05, 4.69) is 0 Å². The molecule has 1 aliphatic rings. The van der Waals surface area contributed by atoms with Gasteiger partial charge in [-0.15, -0.1) is 0 Å². The molecule has 0 saturated carbocycles. The third kappa shape index (κ3) is 2.50. The largest absolute Gasteiger partial charge is 0.639 e. The highest BCUT2D eigenvalue weighted by Crippen LogP contribution is 2.06. The van der Waals surface area contributed by atoms with Crippen LogP contribution in [0.3, 0.4) is 0 Å². The Kier molecular flexibility index (Phi) is 3.36. The van der Waals surface area contributed by atoms with Gasteiger partial charge in [0.15, 0.2) is 0 Å². The van der Waals surface area contributed by atoms with E-state index in [-0.39, 0.29) is 6.10 Å². The van der Waals surface area contributed by atoms with Crippen molar-refractivity contribution in [3.63, 3.8) is 0 Å². The number of hydrogen-bond donors (Lipinski definition) is 0. The molecule has 0 aromatic carbocycles. The van der Waals surface area contributed by atoms with E-state index in [0.717, 1.165) is 0 Å². The lowest BCUT2D eigenvalue weighted by Gasteiger charge is -2.11. The Bertz CT molecular complexity index is 151. The fourth-order valence-corrected chi connectivity index (χ4v) is 0.838. The van der Waals surface area contributed by atoms with Gasteiger partial charge >= 0.3 is 7.32 Å². The molecule has 0 N–H and O–H groups in total. The molecule has 1 aliphatic carbocycles. The summed E-state index contributed by atoms with van der Waals surface area (Å²) >= 11 is 0. The van der Waals surface area contributed by atoms with Crippen molar-refractivity contribution < 1.29 is 14.0 Å². The molecule has 4 heteroatoms. The van der Waals surface area contributed by atoms with E-state index in [1.54, 1.807) is 0 Å². The number of allylic oxidation sites excluding steroid dienone is 2. The van der Waals surface area contributed by atoms with Crippen molar-refractivity contribution in [3.05, 3.63) is 24.3 Å². The average molecular weight is 154 g/mol. The highest BCUT2D eigenvalue weighted by molar-refractivity contribution is 6.36. The first-order chi connectivity index (χ1) is 5.36. The smallest absolute Gasteiger partial charge is 0.389 e. The quantitative estimate of drug-likeness (QED) is 0.559. The maximum absolute atomic E-state index is 5.29. The molecule has 3 nitrogen and oxygen atoms in total. The highest BCUT2D eigenvalue weighted by atomic mass is 16.7. The molecule has 0 radical (unpaired) electrons. The second kappa shape index (κ2) is 4.33. The van der Waals surface area contributed by atoms with Crippen LogP contribution in [0.2, 0.25) is 0 Å². The van der Waals surface area contributed by atoms with Gasteiger partial charge in [-0.3, -0.25) is 0 Å². The zero-order valence-corrected chi connectivity index (χ0v) is 6.69. The molecular formula is C7H11BO3. The van der Waals surface area contributed by atoms with Crippen molar-refractivity contribution in [2.45, 2.75) is 6.10 Å². The molecule has 0 spiro atoms. The molecule has 0 aromatic rings. The Morgan fingerprint density at radius 3 is 2.09 bits per heavy atom. The van der Waals surface area contributed by atoms with Crippen molar-refractivity contribution in [1.29, 1.82) is 0 Å². The summed E-state index contributed by atoms with van der Waals surface area (Å²) in [5.74, 6) is 0. The molecule has 0 fully saturated rings. The molecular weight excluding hydrogens is 143 g/mol. The van der Waals surface area contributed by atoms with E-state index >= 15 is 0 Å². The van der Waals surface area contributed by atoms with Crippen LogP contribution in [0.4, 0.5) is 0 Å². The fraction of sp³-hybridized carbons (Fsp3) is 0.429. The summed E-state index contributed by atoms with van der Waals surface area (Å²) in [6, 6.07) is 0. The van der Waals surface area contributed by atoms with Crippen LogP contribution >= 0.6 is 0 Å². The van der Waals surface area contributed by atoms with Crippen LogP contribution in [-0.2, 0) is 14.0 Å². The van der Waals surface area contributed by atoms with Crippen LogP contribution in [0.1, 0.15) is 0 Å². The fourth-order valence-electron chi connectivity index (χ4n) is 0.838. The Balaban J connectivity index is 2.28. The van der Waals surface area contributed by atoms with Gasteiger partial charge in [0, 0.05) is 14.2 Å². The van der Waals surface area contributed by atoms with Gasteiger partial charge in [-0.1, -0.05) is 24.3 Å². The number of rotatable bonds is 4. The topological polar surface area (TPSA) is 27.7 Å². The van der Waals surface area contributed by atoms with Gasteiger partial charge in [-0.05, 0) is 0 Å². The van der Waals surface area contributed by atoms with Crippen molar-refractivity contribution in [2.75, 3.05) is 14.2 Å². The average Bonchev–Trinajstić information content (AvgIpc) is 2.52. The minimum atomic E-state index is -0.576. The lowest BCUT2D eigenvalue weighted by atomic mass is 10.2. The first kappa shape index (κ1) is 8.52. The maximum Gasteiger partial charge on any atom is 0.639 e. The van der Waals surface area contributed by atoms with Gasteiger partial charge in [0.1, 0.15) is 0 Å². The Morgan fingerprint density at radius 2 is 1.64 bits per heavy atom. The molecule has 0 aliphatic heterocycles. The standard InChI is InChI=1S/C7H11BO3/c1-9-8(10-2)11-7-5-3-4-6-7/h3-7H,1-2H3. The summed E-state index contributed by atoms with van der Waals surface area (Å²) in [6.45, 7) is 0. The minimum Gasteiger partial charge on any atom is -0.389 e. The normalized spacial score (nSPS) is 16.2. The second-order valence-electron chi connectivity index (χ2n) is 2.13. The van der Waals surface area contributed by atoms with Crippen LogP contribution < -0.4 is 0 Å². The van der Waals surface area contributed by atoms with Crippen LogP contribution in [0.15, 0.2) is 24.3 Å². The first-order valence-electron chi connectivity index (χ1n) is 3.43. The molecule has 0 aromatic heterocycles. The van der Waals surface area contributed by atoms with Crippen molar-refractivity contribution >= 4 is 7.32 Å². The summed E-state index contributed by atoms with van der Waals surface area (Å²) in [4.78, 5) is 0. The lowest BCUT2D eigenvalue weighted by molar-refractivity contribution is 0.126. The summed E-state index contributed by atoms with van der Waals surface area (Å²) in [5.41, 5.74) is 0. The Morgan fingerprint density at radius 1 is 1.09 bits per heavy atom. The van der Waals surface area contributed by atoms with Gasteiger partial charge in [-0.25, -0.2) is 0 Å². The summed E-state index contributed by atoms with van der Waals surface area (Å²) in [5, 5.41) is 0. The van der Waals surface area contributed by atoms with Crippen LogP contribution in [0, 0.1) is 0 Å². The third-order valence-electron chi connectivity index (χ3n) is 1.37. The second-order valence-corrected chi connectivity index (χ2v) is 2.13. The van der Waals surface area contributed by atoms with Gasteiger partial charge in [0.25, 0.3) is 0 Å². The van der Waals surface area contributed by atoms with Crippen molar-refractivity contribution in [1.82, 2.24) is 0 Å². The van der Waals surface area contributed by atoms with E-state index in [4.69, 9.17) is 14.0 Å². The molecule has 60 valence electrons. The first-order valence-corrected chi connectivity index (χ1v) is 3.43. The minimum absolute atomic E-state index is 0.0140. The molecule has 0 bridgehead atoms. The Labute approximate surface area is 66.8 Å². The predicted octanol–water partition coefficient (Wildman–Crippen LogP) is 0.775. The molecule has 0 unspecified atom stereocenters. The van der Waals surface area contributed by atoms with E-state index in [9.17, 15) is 0 Å². The molecule has 11 heavy (non-hydrogen) atoms. The van der Waals surface area contributed by atoms with E-state index in [0.29, 0.717) is 0 Å². The Hall–Kier alpha value is -0.575.